The van der Waals surface area contributed by atoms with E-state index in [0.717, 1.165) is 15.7 Å². The summed E-state index contributed by atoms with van der Waals surface area (Å²) in [5, 5.41) is 0. The molecule has 4 nitrogen and oxygen atoms in total. The van der Waals surface area contributed by atoms with Crippen LogP contribution in [0.1, 0.15) is 12.0 Å². The molecule has 0 aromatic heterocycles. The van der Waals surface area contributed by atoms with E-state index in [4.69, 9.17) is 11.5 Å². The number of carbonyl (C=O) groups is 1. The molecule has 1 aliphatic heterocycles. The van der Waals surface area contributed by atoms with E-state index in [9.17, 15) is 4.79 Å². The van der Waals surface area contributed by atoms with Crippen molar-refractivity contribution in [2.45, 2.75) is 13.3 Å². The van der Waals surface area contributed by atoms with E-state index in [1.165, 1.54) is 0 Å². The minimum Gasteiger partial charge on any atom is -0.397 e. The van der Waals surface area contributed by atoms with E-state index in [0.29, 0.717) is 25.2 Å². The maximum absolute atomic E-state index is 11.9. The lowest BCUT2D eigenvalue weighted by atomic mass is 10.1. The Bertz CT molecular complexity index is 438. The number of hydrogen-bond donors (Lipinski definition) is 2. The summed E-state index contributed by atoms with van der Waals surface area (Å²) >= 11 is 3.39. The van der Waals surface area contributed by atoms with Gasteiger partial charge in [0, 0.05) is 17.4 Å². The summed E-state index contributed by atoms with van der Waals surface area (Å²) in [6.45, 7) is 3.17. The average molecular weight is 298 g/mol. The number of carbonyl (C=O) groups excluding carboxylic acids is 1. The molecule has 0 spiro atoms. The van der Waals surface area contributed by atoms with E-state index >= 15 is 0 Å². The SMILES string of the molecule is Cc1cc(Br)cc(N)c1N1CC(CN)CC1=O. The number of nitrogen functional groups attached to an aromatic ring is 1. The van der Waals surface area contributed by atoms with Crippen LogP contribution in [0.3, 0.4) is 0 Å². The predicted octanol–water partition coefficient (Wildman–Crippen LogP) is 1.65. The summed E-state index contributed by atoms with van der Waals surface area (Å²) in [6, 6.07) is 3.79. The van der Waals surface area contributed by atoms with Crippen LogP contribution in [0, 0.1) is 12.8 Å². The maximum atomic E-state index is 11.9. The van der Waals surface area contributed by atoms with Crippen LogP contribution < -0.4 is 16.4 Å². The van der Waals surface area contributed by atoms with Crippen molar-refractivity contribution in [3.05, 3.63) is 22.2 Å². The fraction of sp³-hybridized carbons (Fsp3) is 0.417. The molecule has 92 valence electrons. The highest BCUT2D eigenvalue weighted by molar-refractivity contribution is 9.10. The van der Waals surface area contributed by atoms with Crippen molar-refractivity contribution in [3.63, 3.8) is 0 Å². The molecule has 0 saturated carbocycles. The molecule has 1 aliphatic rings. The first-order chi connectivity index (χ1) is 8.02. The first-order valence-corrected chi connectivity index (χ1v) is 6.38. The van der Waals surface area contributed by atoms with Crippen LogP contribution in [0.25, 0.3) is 0 Å². The molecule has 1 aromatic rings. The van der Waals surface area contributed by atoms with Crippen molar-refractivity contribution in [1.82, 2.24) is 0 Å². The van der Waals surface area contributed by atoms with Gasteiger partial charge in [0.2, 0.25) is 5.91 Å². The van der Waals surface area contributed by atoms with Gasteiger partial charge in [-0.1, -0.05) is 15.9 Å². The lowest BCUT2D eigenvalue weighted by molar-refractivity contribution is -0.117. The molecule has 17 heavy (non-hydrogen) atoms. The van der Waals surface area contributed by atoms with Gasteiger partial charge < -0.3 is 16.4 Å². The molecule has 2 rings (SSSR count). The summed E-state index contributed by atoms with van der Waals surface area (Å²) in [5.74, 6) is 0.350. The third-order valence-corrected chi connectivity index (χ3v) is 3.56. The maximum Gasteiger partial charge on any atom is 0.227 e. The van der Waals surface area contributed by atoms with Crippen molar-refractivity contribution < 1.29 is 4.79 Å². The van der Waals surface area contributed by atoms with Crippen LogP contribution in [-0.4, -0.2) is 19.0 Å². The first kappa shape index (κ1) is 12.4. The number of rotatable bonds is 2. The largest absolute Gasteiger partial charge is 0.397 e. The minimum atomic E-state index is 0.109. The van der Waals surface area contributed by atoms with E-state index in [1.807, 2.05) is 19.1 Å². The van der Waals surface area contributed by atoms with E-state index < -0.39 is 0 Å². The standard InChI is InChI=1S/C12H16BrN3O/c1-7-2-9(13)4-10(15)12(7)16-6-8(5-14)3-11(16)17/h2,4,8H,3,5-6,14-15H2,1H3. The van der Waals surface area contributed by atoms with Crippen molar-refractivity contribution in [3.8, 4) is 0 Å². The van der Waals surface area contributed by atoms with E-state index in [2.05, 4.69) is 15.9 Å². The third kappa shape index (κ3) is 2.30. The van der Waals surface area contributed by atoms with Gasteiger partial charge in [0.25, 0.3) is 0 Å². The fourth-order valence-electron chi connectivity index (χ4n) is 2.29. The molecule has 1 saturated heterocycles. The van der Waals surface area contributed by atoms with E-state index in [-0.39, 0.29) is 11.8 Å². The highest BCUT2D eigenvalue weighted by Crippen LogP contribution is 2.34. The number of anilines is 2. The zero-order chi connectivity index (χ0) is 12.6. The first-order valence-electron chi connectivity index (χ1n) is 5.59. The molecule has 0 radical (unpaired) electrons. The van der Waals surface area contributed by atoms with E-state index in [1.54, 1.807) is 4.90 Å². The number of aryl methyl sites for hydroxylation is 1. The molecular formula is C12H16BrN3O. The Morgan fingerprint density at radius 3 is 2.76 bits per heavy atom. The second kappa shape index (κ2) is 4.66. The molecule has 1 aromatic carbocycles. The summed E-state index contributed by atoms with van der Waals surface area (Å²) in [4.78, 5) is 13.7. The smallest absolute Gasteiger partial charge is 0.227 e. The topological polar surface area (TPSA) is 72.3 Å². The Morgan fingerprint density at radius 1 is 1.53 bits per heavy atom. The number of amides is 1. The predicted molar refractivity (Wildman–Crippen MR) is 72.8 cm³/mol. The Labute approximate surface area is 109 Å². The number of benzene rings is 1. The second-order valence-electron chi connectivity index (χ2n) is 4.47. The molecule has 1 atom stereocenters. The van der Waals surface area contributed by atoms with Gasteiger partial charge in [-0.25, -0.2) is 0 Å². The molecular weight excluding hydrogens is 282 g/mol. The fourth-order valence-corrected chi connectivity index (χ4v) is 2.88. The van der Waals surface area contributed by atoms with Crippen molar-refractivity contribution in [2.24, 2.45) is 11.7 Å². The normalized spacial score (nSPS) is 20.1. The Morgan fingerprint density at radius 2 is 2.24 bits per heavy atom. The molecule has 1 amide bonds. The van der Waals surface area contributed by atoms with Gasteiger partial charge in [-0.15, -0.1) is 0 Å². The van der Waals surface area contributed by atoms with Crippen LogP contribution in [-0.2, 0) is 4.79 Å². The summed E-state index contributed by atoms with van der Waals surface area (Å²) in [7, 11) is 0. The van der Waals surface area contributed by atoms with Gasteiger partial charge in [0.05, 0.1) is 11.4 Å². The lowest BCUT2D eigenvalue weighted by Crippen LogP contribution is -2.27. The second-order valence-corrected chi connectivity index (χ2v) is 5.39. The Kier molecular flexibility index (Phi) is 3.40. The van der Waals surface area contributed by atoms with Gasteiger partial charge in [-0.05, 0) is 37.1 Å². The van der Waals surface area contributed by atoms with Gasteiger partial charge in [-0.2, -0.15) is 0 Å². The van der Waals surface area contributed by atoms with Gasteiger partial charge in [-0.3, -0.25) is 4.79 Å². The quantitative estimate of drug-likeness (QED) is 0.815. The molecule has 5 heteroatoms. The Balaban J connectivity index is 2.38. The van der Waals surface area contributed by atoms with Crippen LogP contribution in [0.5, 0.6) is 0 Å². The molecule has 4 N–H and O–H groups in total. The summed E-state index contributed by atoms with van der Waals surface area (Å²) in [6.07, 6.45) is 0.519. The van der Waals surface area contributed by atoms with Gasteiger partial charge in [0.15, 0.2) is 0 Å². The molecule has 1 unspecified atom stereocenters. The zero-order valence-electron chi connectivity index (χ0n) is 9.74. The highest BCUT2D eigenvalue weighted by atomic mass is 79.9. The van der Waals surface area contributed by atoms with Gasteiger partial charge in [0.1, 0.15) is 0 Å². The van der Waals surface area contributed by atoms with Crippen molar-refractivity contribution in [2.75, 3.05) is 23.7 Å². The zero-order valence-corrected chi connectivity index (χ0v) is 11.3. The van der Waals surface area contributed by atoms with Crippen LogP contribution in [0.15, 0.2) is 16.6 Å². The molecule has 0 bridgehead atoms. The van der Waals surface area contributed by atoms with Crippen LogP contribution in [0.2, 0.25) is 0 Å². The lowest BCUT2D eigenvalue weighted by Gasteiger charge is -2.21. The average Bonchev–Trinajstić information content (AvgIpc) is 2.59. The number of halogens is 1. The van der Waals surface area contributed by atoms with Crippen molar-refractivity contribution >= 4 is 33.2 Å². The number of nitrogens with two attached hydrogens (primary N) is 2. The summed E-state index contributed by atoms with van der Waals surface area (Å²) in [5.41, 5.74) is 14.1. The molecule has 0 aliphatic carbocycles. The summed E-state index contributed by atoms with van der Waals surface area (Å²) < 4.78 is 0.929. The van der Waals surface area contributed by atoms with Crippen LogP contribution in [0.4, 0.5) is 11.4 Å². The molecule has 1 heterocycles. The Hall–Kier alpha value is -1.07. The molecule has 1 fully saturated rings. The number of nitrogens with zero attached hydrogens (tertiary/aromatic N) is 1. The monoisotopic (exact) mass is 297 g/mol. The number of hydrogen-bond acceptors (Lipinski definition) is 3. The third-order valence-electron chi connectivity index (χ3n) is 3.10. The van der Waals surface area contributed by atoms with Gasteiger partial charge >= 0.3 is 0 Å². The van der Waals surface area contributed by atoms with Crippen LogP contribution >= 0.6 is 15.9 Å². The van der Waals surface area contributed by atoms with Crippen molar-refractivity contribution in [1.29, 1.82) is 0 Å². The highest BCUT2D eigenvalue weighted by Gasteiger charge is 2.31. The minimum absolute atomic E-state index is 0.109.